The number of hydrogen-bond acceptors (Lipinski definition) is 4. The summed E-state index contributed by atoms with van der Waals surface area (Å²) in [5, 5.41) is 5.19. The summed E-state index contributed by atoms with van der Waals surface area (Å²) in [5.74, 6) is -0.209. The van der Waals surface area contributed by atoms with Crippen LogP contribution in [-0.4, -0.2) is 17.4 Å². The van der Waals surface area contributed by atoms with E-state index in [0.717, 1.165) is 5.69 Å². The first-order valence-corrected chi connectivity index (χ1v) is 5.27. The smallest absolute Gasteiger partial charge is 0.239 e. The van der Waals surface area contributed by atoms with Crippen molar-refractivity contribution < 1.29 is 4.79 Å². The van der Waals surface area contributed by atoms with Crippen molar-refractivity contribution in [2.24, 2.45) is 5.73 Å². The maximum Gasteiger partial charge on any atom is 0.239 e. The highest BCUT2D eigenvalue weighted by molar-refractivity contribution is 7.13. The summed E-state index contributed by atoms with van der Waals surface area (Å²) < 4.78 is 0. The Balaban J connectivity index is 2.74. The standard InChI is InChI=1S/C9H15N3OS/c1-9(2,3)6-5-14-8(11-6)12-7(13)4-10/h5H,4,10H2,1-3H3,(H,11,12,13). The largest absolute Gasteiger partial charge is 0.322 e. The Morgan fingerprint density at radius 2 is 2.29 bits per heavy atom. The van der Waals surface area contributed by atoms with Gasteiger partial charge in [0.25, 0.3) is 0 Å². The Kier molecular flexibility index (Phi) is 3.23. The summed E-state index contributed by atoms with van der Waals surface area (Å²) in [6, 6.07) is 0. The zero-order valence-corrected chi connectivity index (χ0v) is 9.44. The van der Waals surface area contributed by atoms with Gasteiger partial charge in [-0.1, -0.05) is 20.8 Å². The van der Waals surface area contributed by atoms with Gasteiger partial charge in [0, 0.05) is 10.8 Å². The molecular formula is C9H15N3OS. The second-order valence-electron chi connectivity index (χ2n) is 4.04. The summed E-state index contributed by atoms with van der Waals surface area (Å²) in [6.07, 6.45) is 0. The average Bonchev–Trinajstić information content (AvgIpc) is 2.51. The van der Waals surface area contributed by atoms with Gasteiger partial charge >= 0.3 is 0 Å². The zero-order valence-electron chi connectivity index (χ0n) is 8.63. The fourth-order valence-electron chi connectivity index (χ4n) is 0.846. The maximum atomic E-state index is 11.0. The van der Waals surface area contributed by atoms with Gasteiger partial charge in [-0.2, -0.15) is 0 Å². The van der Waals surface area contributed by atoms with Gasteiger partial charge in [-0.05, 0) is 0 Å². The normalized spacial score (nSPS) is 11.4. The van der Waals surface area contributed by atoms with Gasteiger partial charge in [-0.15, -0.1) is 11.3 Å². The molecule has 0 bridgehead atoms. The van der Waals surface area contributed by atoms with E-state index in [9.17, 15) is 4.79 Å². The predicted molar refractivity (Wildman–Crippen MR) is 58.5 cm³/mol. The van der Waals surface area contributed by atoms with Crippen molar-refractivity contribution in [2.45, 2.75) is 26.2 Å². The Morgan fingerprint density at radius 1 is 1.64 bits per heavy atom. The van der Waals surface area contributed by atoms with Crippen LogP contribution >= 0.6 is 11.3 Å². The number of nitrogens with one attached hydrogen (secondary N) is 1. The summed E-state index contributed by atoms with van der Waals surface area (Å²) in [6.45, 7) is 6.23. The number of hydrogen-bond donors (Lipinski definition) is 2. The van der Waals surface area contributed by atoms with E-state index in [4.69, 9.17) is 5.73 Å². The molecule has 1 amide bonds. The Hall–Kier alpha value is -0.940. The molecular weight excluding hydrogens is 198 g/mol. The lowest BCUT2D eigenvalue weighted by molar-refractivity contribution is -0.114. The third-order valence-electron chi connectivity index (χ3n) is 1.70. The van der Waals surface area contributed by atoms with Crippen LogP contribution in [0.1, 0.15) is 26.5 Å². The molecule has 0 aromatic carbocycles. The molecule has 0 fully saturated rings. The van der Waals surface area contributed by atoms with E-state index in [0.29, 0.717) is 5.13 Å². The molecule has 0 aliphatic rings. The lowest BCUT2D eigenvalue weighted by Crippen LogP contribution is -2.22. The van der Waals surface area contributed by atoms with Crippen molar-refractivity contribution in [3.05, 3.63) is 11.1 Å². The molecule has 0 atom stereocenters. The number of nitrogens with two attached hydrogens (primary N) is 1. The van der Waals surface area contributed by atoms with E-state index >= 15 is 0 Å². The number of thiazole rings is 1. The zero-order chi connectivity index (χ0) is 10.8. The molecule has 1 aromatic rings. The van der Waals surface area contributed by atoms with Gasteiger partial charge in [0.2, 0.25) is 5.91 Å². The van der Waals surface area contributed by atoms with E-state index in [1.54, 1.807) is 0 Å². The van der Waals surface area contributed by atoms with Crippen LogP contribution in [0, 0.1) is 0 Å². The minimum absolute atomic E-state index is 0.00949. The summed E-state index contributed by atoms with van der Waals surface area (Å²) in [5.41, 5.74) is 6.17. The Labute approximate surface area is 87.5 Å². The van der Waals surface area contributed by atoms with Gasteiger partial charge in [0.05, 0.1) is 12.2 Å². The monoisotopic (exact) mass is 213 g/mol. The van der Waals surface area contributed by atoms with Gasteiger partial charge in [-0.25, -0.2) is 4.98 Å². The van der Waals surface area contributed by atoms with Crippen LogP contribution in [0.4, 0.5) is 5.13 Å². The number of anilines is 1. The molecule has 0 saturated heterocycles. The number of rotatable bonds is 2. The summed E-state index contributed by atoms with van der Waals surface area (Å²) >= 11 is 1.42. The molecule has 3 N–H and O–H groups in total. The van der Waals surface area contributed by atoms with Gasteiger partial charge < -0.3 is 11.1 Å². The second-order valence-corrected chi connectivity index (χ2v) is 4.90. The molecule has 0 aliphatic carbocycles. The molecule has 1 rings (SSSR count). The topological polar surface area (TPSA) is 68.0 Å². The fraction of sp³-hybridized carbons (Fsp3) is 0.556. The van der Waals surface area contributed by atoms with Gasteiger partial charge in [0.15, 0.2) is 5.13 Å². The van der Waals surface area contributed by atoms with Crippen LogP contribution in [0.3, 0.4) is 0 Å². The minimum Gasteiger partial charge on any atom is -0.322 e. The number of carbonyl (C=O) groups excluding carboxylic acids is 1. The van der Waals surface area contributed by atoms with Crippen LogP contribution in [0.5, 0.6) is 0 Å². The van der Waals surface area contributed by atoms with E-state index in [2.05, 4.69) is 31.1 Å². The van der Waals surface area contributed by atoms with Gasteiger partial charge in [-0.3, -0.25) is 4.79 Å². The lowest BCUT2D eigenvalue weighted by atomic mass is 9.93. The van der Waals surface area contributed by atoms with Crippen LogP contribution in [0.25, 0.3) is 0 Å². The number of nitrogens with zero attached hydrogens (tertiary/aromatic N) is 1. The van der Waals surface area contributed by atoms with Crippen LogP contribution in [0.2, 0.25) is 0 Å². The van der Waals surface area contributed by atoms with Crippen molar-refractivity contribution in [3.63, 3.8) is 0 Å². The highest BCUT2D eigenvalue weighted by Crippen LogP contribution is 2.26. The SMILES string of the molecule is CC(C)(C)c1csc(NC(=O)CN)n1. The maximum absolute atomic E-state index is 11.0. The fourth-order valence-corrected chi connectivity index (χ4v) is 1.80. The number of amides is 1. The molecule has 0 spiro atoms. The predicted octanol–water partition coefficient (Wildman–Crippen LogP) is 1.34. The van der Waals surface area contributed by atoms with E-state index in [-0.39, 0.29) is 17.9 Å². The van der Waals surface area contributed by atoms with Crippen molar-refractivity contribution in [1.29, 1.82) is 0 Å². The highest BCUT2D eigenvalue weighted by Gasteiger charge is 2.17. The quantitative estimate of drug-likeness (QED) is 0.779. The first-order valence-electron chi connectivity index (χ1n) is 4.39. The van der Waals surface area contributed by atoms with Crippen molar-refractivity contribution in [2.75, 3.05) is 11.9 Å². The molecule has 4 nitrogen and oxygen atoms in total. The lowest BCUT2D eigenvalue weighted by Gasteiger charge is -2.14. The number of aromatic nitrogens is 1. The first kappa shape index (κ1) is 11.1. The third kappa shape index (κ3) is 2.78. The molecule has 0 saturated carbocycles. The van der Waals surface area contributed by atoms with Crippen molar-refractivity contribution >= 4 is 22.4 Å². The Bertz CT molecular complexity index is 327. The number of carbonyl (C=O) groups is 1. The second kappa shape index (κ2) is 4.06. The van der Waals surface area contributed by atoms with Crippen LogP contribution < -0.4 is 11.1 Å². The third-order valence-corrected chi connectivity index (χ3v) is 2.46. The summed E-state index contributed by atoms with van der Waals surface area (Å²) in [4.78, 5) is 15.3. The molecule has 1 aromatic heterocycles. The van der Waals surface area contributed by atoms with Crippen molar-refractivity contribution in [3.8, 4) is 0 Å². The molecule has 5 heteroatoms. The van der Waals surface area contributed by atoms with Crippen molar-refractivity contribution in [1.82, 2.24) is 4.98 Å². The molecule has 14 heavy (non-hydrogen) atoms. The van der Waals surface area contributed by atoms with E-state index in [1.807, 2.05) is 5.38 Å². The first-order chi connectivity index (χ1) is 6.43. The van der Waals surface area contributed by atoms with E-state index in [1.165, 1.54) is 11.3 Å². The molecule has 0 aliphatic heterocycles. The highest BCUT2D eigenvalue weighted by atomic mass is 32.1. The molecule has 0 unspecified atom stereocenters. The van der Waals surface area contributed by atoms with Crippen LogP contribution in [-0.2, 0) is 10.2 Å². The molecule has 78 valence electrons. The Morgan fingerprint density at radius 3 is 2.71 bits per heavy atom. The van der Waals surface area contributed by atoms with Crippen LogP contribution in [0.15, 0.2) is 5.38 Å². The molecule has 0 radical (unpaired) electrons. The van der Waals surface area contributed by atoms with E-state index < -0.39 is 0 Å². The summed E-state index contributed by atoms with van der Waals surface area (Å²) in [7, 11) is 0. The average molecular weight is 213 g/mol. The minimum atomic E-state index is -0.209. The molecule has 1 heterocycles. The van der Waals surface area contributed by atoms with Gasteiger partial charge in [0.1, 0.15) is 0 Å².